The van der Waals surface area contributed by atoms with Gasteiger partial charge < -0.3 is 5.32 Å². The minimum Gasteiger partial charge on any atom is -0.369 e. The predicted octanol–water partition coefficient (Wildman–Crippen LogP) is 5.49. The Kier molecular flexibility index (Phi) is 8.70. The Morgan fingerprint density at radius 2 is 2.00 bits per heavy atom. The van der Waals surface area contributed by atoms with Crippen LogP contribution in [0.15, 0.2) is 28.0 Å². The smallest absolute Gasteiger partial charge is 0.267 e. The SMILES string of the molecule is CCCCC(CC)CN1C(=O)C(=Cc2c(NCC(C)C)nc3ccc(C)cn3c2=O)SC1=S. The second-order valence-electron chi connectivity index (χ2n) is 9.10. The molecule has 2 aromatic rings. The zero-order valence-electron chi connectivity index (χ0n) is 20.2. The number of aryl methyl sites for hydroxylation is 1. The summed E-state index contributed by atoms with van der Waals surface area (Å²) in [7, 11) is 0. The van der Waals surface area contributed by atoms with E-state index in [1.165, 1.54) is 11.8 Å². The molecule has 0 saturated carbocycles. The first-order valence-corrected chi connectivity index (χ1v) is 13.0. The molecule has 1 aliphatic heterocycles. The lowest BCUT2D eigenvalue weighted by Crippen LogP contribution is -2.33. The number of rotatable bonds is 10. The number of aromatic nitrogens is 2. The highest BCUT2D eigenvalue weighted by Gasteiger charge is 2.33. The summed E-state index contributed by atoms with van der Waals surface area (Å²) in [6.07, 6.45) is 7.82. The molecule has 6 nitrogen and oxygen atoms in total. The van der Waals surface area contributed by atoms with Crippen LogP contribution < -0.4 is 10.9 Å². The van der Waals surface area contributed by atoms with E-state index in [0.29, 0.717) is 51.2 Å². The first-order valence-electron chi connectivity index (χ1n) is 11.8. The average Bonchev–Trinajstić information content (AvgIpc) is 3.04. The number of nitrogens with zero attached hydrogens (tertiary/aromatic N) is 3. The van der Waals surface area contributed by atoms with Crippen molar-refractivity contribution in [3.8, 4) is 0 Å². The van der Waals surface area contributed by atoms with Gasteiger partial charge in [-0.15, -0.1) is 0 Å². The van der Waals surface area contributed by atoms with Gasteiger partial charge in [0.25, 0.3) is 11.5 Å². The molecule has 8 heteroatoms. The van der Waals surface area contributed by atoms with Crippen molar-refractivity contribution in [1.82, 2.24) is 14.3 Å². The number of fused-ring (bicyclic) bond motifs is 1. The quantitative estimate of drug-likeness (QED) is 0.354. The van der Waals surface area contributed by atoms with Crippen molar-refractivity contribution in [3.63, 3.8) is 0 Å². The van der Waals surface area contributed by atoms with Gasteiger partial charge in [-0.2, -0.15) is 0 Å². The van der Waals surface area contributed by atoms with Gasteiger partial charge in [-0.05, 0) is 42.9 Å². The van der Waals surface area contributed by atoms with Crippen LogP contribution in [0.4, 0.5) is 5.82 Å². The minimum atomic E-state index is -0.199. The monoisotopic (exact) mass is 486 g/mol. The third kappa shape index (κ3) is 6.03. The zero-order chi connectivity index (χ0) is 24.1. The molecule has 2 aromatic heterocycles. The van der Waals surface area contributed by atoms with Crippen molar-refractivity contribution in [1.29, 1.82) is 0 Å². The molecule has 0 spiro atoms. The first-order chi connectivity index (χ1) is 15.7. The predicted molar refractivity (Wildman–Crippen MR) is 143 cm³/mol. The summed E-state index contributed by atoms with van der Waals surface area (Å²) in [5, 5.41) is 3.30. The van der Waals surface area contributed by atoms with E-state index in [1.54, 1.807) is 21.6 Å². The molecular weight excluding hydrogens is 452 g/mol. The van der Waals surface area contributed by atoms with Crippen molar-refractivity contribution < 1.29 is 4.79 Å². The third-order valence-corrected chi connectivity index (χ3v) is 7.19. The molecule has 0 aliphatic carbocycles. The number of carbonyl (C=O) groups excluding carboxylic acids is 1. The van der Waals surface area contributed by atoms with Crippen LogP contribution in [0, 0.1) is 18.8 Å². The summed E-state index contributed by atoms with van der Waals surface area (Å²) in [4.78, 5) is 33.5. The van der Waals surface area contributed by atoms with Gasteiger partial charge in [0.1, 0.15) is 15.8 Å². The van der Waals surface area contributed by atoms with Crippen LogP contribution in [0.25, 0.3) is 11.7 Å². The number of carbonyl (C=O) groups is 1. The lowest BCUT2D eigenvalue weighted by atomic mass is 9.99. The Bertz CT molecular complexity index is 1120. The second kappa shape index (κ2) is 11.3. The molecule has 1 fully saturated rings. The number of thiocarbonyl (C=S) groups is 1. The number of hydrogen-bond donors (Lipinski definition) is 1. The fourth-order valence-corrected chi connectivity index (χ4v) is 5.05. The van der Waals surface area contributed by atoms with Crippen molar-refractivity contribution in [3.05, 3.63) is 44.7 Å². The van der Waals surface area contributed by atoms with Crippen molar-refractivity contribution in [2.75, 3.05) is 18.4 Å². The number of thioether (sulfide) groups is 1. The van der Waals surface area contributed by atoms with E-state index < -0.39 is 0 Å². The molecule has 0 radical (unpaired) electrons. The van der Waals surface area contributed by atoms with Crippen LogP contribution >= 0.6 is 24.0 Å². The van der Waals surface area contributed by atoms with Crippen molar-refractivity contribution in [2.45, 2.75) is 60.3 Å². The van der Waals surface area contributed by atoms with Crippen LogP contribution in [0.1, 0.15) is 64.5 Å². The van der Waals surface area contributed by atoms with E-state index in [1.807, 2.05) is 19.1 Å². The topological polar surface area (TPSA) is 66.7 Å². The van der Waals surface area contributed by atoms with Gasteiger partial charge in [0.2, 0.25) is 0 Å². The van der Waals surface area contributed by atoms with Gasteiger partial charge in [0.15, 0.2) is 0 Å². The molecule has 1 unspecified atom stereocenters. The molecule has 3 rings (SSSR count). The number of anilines is 1. The van der Waals surface area contributed by atoms with Crippen LogP contribution in [0.3, 0.4) is 0 Å². The van der Waals surface area contributed by atoms with Gasteiger partial charge in [-0.25, -0.2) is 4.98 Å². The largest absolute Gasteiger partial charge is 0.369 e. The van der Waals surface area contributed by atoms with Gasteiger partial charge in [0, 0.05) is 19.3 Å². The maximum Gasteiger partial charge on any atom is 0.267 e. The fraction of sp³-hybridized carbons (Fsp3) is 0.520. The molecule has 0 bridgehead atoms. The van der Waals surface area contributed by atoms with Crippen LogP contribution in [-0.4, -0.2) is 37.6 Å². The lowest BCUT2D eigenvalue weighted by Gasteiger charge is -2.21. The molecule has 1 aliphatic rings. The average molecular weight is 487 g/mol. The number of amides is 1. The minimum absolute atomic E-state index is 0.122. The highest BCUT2D eigenvalue weighted by atomic mass is 32.2. The van der Waals surface area contributed by atoms with E-state index >= 15 is 0 Å². The lowest BCUT2D eigenvalue weighted by molar-refractivity contribution is -0.122. The van der Waals surface area contributed by atoms with Crippen molar-refractivity contribution in [2.24, 2.45) is 11.8 Å². The van der Waals surface area contributed by atoms with E-state index in [-0.39, 0.29) is 11.5 Å². The summed E-state index contributed by atoms with van der Waals surface area (Å²) in [6, 6.07) is 3.77. The molecule has 3 heterocycles. The van der Waals surface area contributed by atoms with E-state index in [4.69, 9.17) is 12.2 Å². The fourth-order valence-electron chi connectivity index (χ4n) is 3.79. The summed E-state index contributed by atoms with van der Waals surface area (Å²) in [5.74, 6) is 1.18. The molecule has 1 atom stereocenters. The maximum atomic E-state index is 13.4. The first kappa shape index (κ1) is 25.4. The summed E-state index contributed by atoms with van der Waals surface area (Å²) in [6.45, 7) is 11.8. The molecule has 1 saturated heterocycles. The Morgan fingerprint density at radius 3 is 2.67 bits per heavy atom. The van der Waals surface area contributed by atoms with E-state index in [9.17, 15) is 9.59 Å². The number of nitrogens with one attached hydrogen (secondary N) is 1. The third-order valence-electron chi connectivity index (χ3n) is 5.82. The molecule has 1 amide bonds. The van der Waals surface area contributed by atoms with Gasteiger partial charge in [0.05, 0.1) is 10.5 Å². The van der Waals surface area contributed by atoms with E-state index in [2.05, 4.69) is 38.0 Å². The molecule has 0 aromatic carbocycles. The summed E-state index contributed by atoms with van der Waals surface area (Å²) >= 11 is 6.82. The van der Waals surface area contributed by atoms with Gasteiger partial charge in [-0.1, -0.05) is 77.0 Å². The standard InChI is InChI=1S/C25H34N4O2S2/c1-6-8-9-18(7-2)15-29-24(31)20(33-25(29)32)12-19-22(26-13-16(3)4)27-21-11-10-17(5)14-28(21)23(19)30/h10-12,14,16,18,26H,6-9,13,15H2,1-5H3. The second-order valence-corrected chi connectivity index (χ2v) is 10.8. The van der Waals surface area contributed by atoms with Gasteiger partial charge in [-0.3, -0.25) is 18.9 Å². The summed E-state index contributed by atoms with van der Waals surface area (Å²) in [5.41, 5.74) is 1.72. The number of hydrogen-bond acceptors (Lipinski definition) is 6. The van der Waals surface area contributed by atoms with Crippen LogP contribution in [0.5, 0.6) is 0 Å². The Hall–Kier alpha value is -2.19. The molecule has 178 valence electrons. The molecule has 1 N–H and O–H groups in total. The highest BCUT2D eigenvalue weighted by molar-refractivity contribution is 8.26. The van der Waals surface area contributed by atoms with Gasteiger partial charge >= 0.3 is 0 Å². The zero-order valence-corrected chi connectivity index (χ0v) is 21.8. The van der Waals surface area contributed by atoms with E-state index in [0.717, 1.165) is 31.2 Å². The number of pyridine rings is 1. The highest BCUT2D eigenvalue weighted by Crippen LogP contribution is 2.34. The normalized spacial score (nSPS) is 16.4. The Morgan fingerprint density at radius 1 is 1.24 bits per heavy atom. The Balaban J connectivity index is 1.99. The van der Waals surface area contributed by atoms with Crippen LogP contribution in [-0.2, 0) is 4.79 Å². The Labute approximate surface area is 205 Å². The number of unbranched alkanes of at least 4 members (excludes halogenated alkanes) is 1. The van der Waals surface area contributed by atoms with Crippen molar-refractivity contribution >= 4 is 51.7 Å². The van der Waals surface area contributed by atoms with Crippen LogP contribution in [0.2, 0.25) is 0 Å². The maximum absolute atomic E-state index is 13.4. The molecular formula is C25H34N4O2S2. The molecule has 33 heavy (non-hydrogen) atoms. The summed E-state index contributed by atoms with van der Waals surface area (Å²) < 4.78 is 2.10.